The Morgan fingerprint density at radius 3 is 2.31 bits per heavy atom. The van der Waals surface area contributed by atoms with Crippen LogP contribution in [0.4, 0.5) is 5.69 Å². The smallest absolute Gasteiger partial charge is 0.232 e. The van der Waals surface area contributed by atoms with Gasteiger partial charge in [-0.2, -0.15) is 0 Å². The number of anilines is 1. The number of carbonyl (C=O) groups excluding carboxylic acids is 2. The van der Waals surface area contributed by atoms with Gasteiger partial charge in [0.2, 0.25) is 5.91 Å². The third kappa shape index (κ3) is 3.46. The van der Waals surface area contributed by atoms with Gasteiger partial charge in [0.15, 0.2) is 5.78 Å². The van der Waals surface area contributed by atoms with Crippen molar-refractivity contribution in [2.24, 2.45) is 0 Å². The van der Waals surface area contributed by atoms with Crippen molar-refractivity contribution in [3.05, 3.63) is 107 Å². The molecule has 0 saturated heterocycles. The highest BCUT2D eigenvalue weighted by molar-refractivity contribution is 6.08. The zero-order valence-electron chi connectivity index (χ0n) is 18.4. The molecule has 0 radical (unpaired) electrons. The Hall–Kier alpha value is -3.53. The summed E-state index contributed by atoms with van der Waals surface area (Å²) in [6, 6.07) is 20.1. The predicted molar refractivity (Wildman–Crippen MR) is 125 cm³/mol. The van der Waals surface area contributed by atoms with Crippen molar-refractivity contribution in [2.75, 3.05) is 4.90 Å². The third-order valence-electron chi connectivity index (χ3n) is 6.93. The Morgan fingerprint density at radius 1 is 0.812 bits per heavy atom. The lowest BCUT2D eigenvalue weighted by molar-refractivity contribution is -0.120. The molecule has 1 aliphatic carbocycles. The van der Waals surface area contributed by atoms with Crippen LogP contribution in [0.1, 0.15) is 53.4 Å². The van der Waals surface area contributed by atoms with Crippen LogP contribution in [0.3, 0.4) is 0 Å². The van der Waals surface area contributed by atoms with Crippen molar-refractivity contribution in [2.45, 2.75) is 44.9 Å². The number of aromatic nitrogens is 1. The van der Waals surface area contributed by atoms with Gasteiger partial charge in [-0.05, 0) is 66.6 Å². The molecule has 0 N–H and O–H groups in total. The quantitative estimate of drug-likeness (QED) is 0.550. The van der Waals surface area contributed by atoms with E-state index in [2.05, 4.69) is 30.1 Å². The highest BCUT2D eigenvalue weighted by Gasteiger charge is 2.42. The van der Waals surface area contributed by atoms with E-state index in [4.69, 9.17) is 0 Å². The number of nitrogens with zero attached hydrogens (tertiary/aromatic N) is 2. The molecule has 2 aliphatic rings. The van der Waals surface area contributed by atoms with Crippen LogP contribution >= 0.6 is 0 Å². The average Bonchev–Trinajstić information content (AvgIpc) is 2.82. The van der Waals surface area contributed by atoms with Crippen LogP contribution in [-0.4, -0.2) is 16.7 Å². The van der Waals surface area contributed by atoms with E-state index >= 15 is 0 Å². The average molecular weight is 423 g/mol. The van der Waals surface area contributed by atoms with Crippen molar-refractivity contribution < 1.29 is 9.59 Å². The van der Waals surface area contributed by atoms with Gasteiger partial charge in [0.05, 0.1) is 5.69 Å². The monoisotopic (exact) mass is 422 g/mol. The molecule has 0 fully saturated rings. The first-order chi connectivity index (χ1) is 15.5. The zero-order chi connectivity index (χ0) is 22.2. The van der Waals surface area contributed by atoms with Gasteiger partial charge in [-0.1, -0.05) is 42.5 Å². The fourth-order valence-electron chi connectivity index (χ4n) is 5.13. The molecule has 2 heterocycles. The Kier molecular flexibility index (Phi) is 5.22. The zero-order valence-corrected chi connectivity index (χ0v) is 18.4. The van der Waals surface area contributed by atoms with E-state index in [1.54, 1.807) is 12.4 Å². The van der Waals surface area contributed by atoms with Gasteiger partial charge in [-0.3, -0.25) is 19.5 Å². The summed E-state index contributed by atoms with van der Waals surface area (Å²) in [6.07, 6.45) is 4.90. The molecule has 2 atom stereocenters. The molecular formula is C28H26N2O2. The van der Waals surface area contributed by atoms with E-state index in [9.17, 15) is 9.59 Å². The molecule has 0 bridgehead atoms. The van der Waals surface area contributed by atoms with Crippen LogP contribution in [-0.2, 0) is 9.59 Å². The first kappa shape index (κ1) is 20.4. The SMILES string of the molecule is Cc1cccc(N2C(=O)CC(c3ccncc3)C3=C2CC(c2ccccc2)CC3=O)c1C. The number of pyridine rings is 1. The van der Waals surface area contributed by atoms with Crippen LogP contribution in [0.15, 0.2) is 84.3 Å². The first-order valence-corrected chi connectivity index (χ1v) is 11.1. The van der Waals surface area contributed by atoms with E-state index in [1.165, 1.54) is 0 Å². The molecule has 0 spiro atoms. The molecule has 0 saturated carbocycles. The molecule has 1 amide bonds. The summed E-state index contributed by atoms with van der Waals surface area (Å²) in [7, 11) is 0. The van der Waals surface area contributed by atoms with E-state index in [-0.39, 0.29) is 29.9 Å². The molecule has 4 nitrogen and oxygen atoms in total. The number of hydrogen-bond donors (Lipinski definition) is 0. The standard InChI is InChI=1S/C28H26N2O2/c1-18-7-6-10-24(19(18)2)30-25-15-22(20-8-4-3-5-9-20)16-26(31)28(25)23(17-27(30)32)21-11-13-29-14-12-21/h3-14,22-23H,15-17H2,1-2H3. The minimum absolute atomic E-state index is 0.0424. The van der Waals surface area contributed by atoms with Crippen molar-refractivity contribution >= 4 is 17.4 Å². The highest BCUT2D eigenvalue weighted by atomic mass is 16.2. The van der Waals surface area contributed by atoms with Crippen LogP contribution in [0.2, 0.25) is 0 Å². The summed E-state index contributed by atoms with van der Waals surface area (Å²) in [5, 5.41) is 0. The number of aryl methyl sites for hydroxylation is 1. The summed E-state index contributed by atoms with van der Waals surface area (Å²) in [5.41, 5.74) is 6.88. The Morgan fingerprint density at radius 2 is 1.56 bits per heavy atom. The maximum atomic E-state index is 13.6. The molecule has 2 unspecified atom stereocenters. The van der Waals surface area contributed by atoms with Gasteiger partial charge >= 0.3 is 0 Å². The minimum Gasteiger partial charge on any atom is -0.294 e. The first-order valence-electron chi connectivity index (χ1n) is 11.1. The molecule has 5 rings (SSSR count). The predicted octanol–water partition coefficient (Wildman–Crippen LogP) is 5.62. The van der Waals surface area contributed by atoms with Crippen LogP contribution < -0.4 is 4.90 Å². The third-order valence-corrected chi connectivity index (χ3v) is 6.93. The van der Waals surface area contributed by atoms with Gasteiger partial charge in [0.1, 0.15) is 0 Å². The Labute approximate surface area is 188 Å². The van der Waals surface area contributed by atoms with E-state index in [0.717, 1.165) is 39.2 Å². The van der Waals surface area contributed by atoms with E-state index in [1.807, 2.05) is 54.3 Å². The molecule has 2 aromatic carbocycles. The van der Waals surface area contributed by atoms with Crippen molar-refractivity contribution in [3.63, 3.8) is 0 Å². The van der Waals surface area contributed by atoms with Gasteiger partial charge < -0.3 is 0 Å². The fourth-order valence-corrected chi connectivity index (χ4v) is 5.13. The van der Waals surface area contributed by atoms with Crippen molar-refractivity contribution in [1.29, 1.82) is 0 Å². The topological polar surface area (TPSA) is 50.3 Å². The fraction of sp³-hybridized carbons (Fsp3) is 0.250. The van der Waals surface area contributed by atoms with Crippen LogP contribution in [0.5, 0.6) is 0 Å². The van der Waals surface area contributed by atoms with Gasteiger partial charge in [0, 0.05) is 42.4 Å². The lowest BCUT2D eigenvalue weighted by atomic mass is 9.73. The number of allylic oxidation sites excluding steroid dienone is 2. The maximum absolute atomic E-state index is 13.6. The lowest BCUT2D eigenvalue weighted by Gasteiger charge is -2.41. The lowest BCUT2D eigenvalue weighted by Crippen LogP contribution is -2.42. The second-order valence-electron chi connectivity index (χ2n) is 8.78. The summed E-state index contributed by atoms with van der Waals surface area (Å²) in [4.78, 5) is 33.2. The number of rotatable bonds is 3. The largest absolute Gasteiger partial charge is 0.294 e. The number of carbonyl (C=O) groups is 2. The number of ketones is 1. The molecule has 160 valence electrons. The second kappa shape index (κ2) is 8.19. The van der Waals surface area contributed by atoms with E-state index < -0.39 is 0 Å². The molecule has 1 aliphatic heterocycles. The second-order valence-corrected chi connectivity index (χ2v) is 8.78. The molecule has 3 aromatic rings. The van der Waals surface area contributed by atoms with Crippen LogP contribution in [0, 0.1) is 13.8 Å². The summed E-state index contributed by atoms with van der Waals surface area (Å²) < 4.78 is 0. The molecule has 32 heavy (non-hydrogen) atoms. The molecule has 1 aromatic heterocycles. The van der Waals surface area contributed by atoms with Gasteiger partial charge in [0.25, 0.3) is 0 Å². The van der Waals surface area contributed by atoms with Crippen LogP contribution in [0.25, 0.3) is 0 Å². The summed E-state index contributed by atoms with van der Waals surface area (Å²) in [5.74, 6) is 0.0376. The molecular weight excluding hydrogens is 396 g/mol. The molecule has 4 heteroatoms. The number of benzene rings is 2. The number of hydrogen-bond acceptors (Lipinski definition) is 3. The van der Waals surface area contributed by atoms with Crippen molar-refractivity contribution in [3.8, 4) is 0 Å². The van der Waals surface area contributed by atoms with Gasteiger partial charge in [-0.25, -0.2) is 0 Å². The van der Waals surface area contributed by atoms with Gasteiger partial charge in [-0.15, -0.1) is 0 Å². The maximum Gasteiger partial charge on any atom is 0.232 e. The van der Waals surface area contributed by atoms with E-state index in [0.29, 0.717) is 12.8 Å². The minimum atomic E-state index is -0.217. The number of amides is 1. The Balaban J connectivity index is 1.68. The normalized spacial score (nSPS) is 21.0. The van der Waals surface area contributed by atoms with Crippen molar-refractivity contribution in [1.82, 2.24) is 4.98 Å². The number of Topliss-reactive ketones (excluding diaryl/α,β-unsaturated/α-hetero) is 1. The summed E-state index contributed by atoms with van der Waals surface area (Å²) in [6.45, 7) is 4.10. The highest BCUT2D eigenvalue weighted by Crippen LogP contribution is 2.47. The summed E-state index contributed by atoms with van der Waals surface area (Å²) >= 11 is 0. The Bertz CT molecular complexity index is 1210.